The smallest absolute Gasteiger partial charge is 0.338 e. The Morgan fingerprint density at radius 2 is 2.12 bits per heavy atom. The highest BCUT2D eigenvalue weighted by Crippen LogP contribution is 2.14. The van der Waals surface area contributed by atoms with Gasteiger partial charge in [-0.2, -0.15) is 0 Å². The lowest BCUT2D eigenvalue weighted by Crippen LogP contribution is -2.15. The van der Waals surface area contributed by atoms with E-state index in [1.807, 2.05) is 19.9 Å². The molecule has 0 aliphatic carbocycles. The van der Waals surface area contributed by atoms with Crippen molar-refractivity contribution >= 4 is 11.7 Å². The van der Waals surface area contributed by atoms with Crippen LogP contribution in [-0.2, 0) is 4.74 Å². The fraction of sp³-hybridized carbons (Fsp3) is 0.462. The number of carbonyl (C=O) groups excluding carboxylic acids is 1. The summed E-state index contributed by atoms with van der Waals surface area (Å²) in [5.41, 5.74) is 7.77. The summed E-state index contributed by atoms with van der Waals surface area (Å²) < 4.78 is 5.29. The monoisotopic (exact) mass is 221 g/mol. The zero-order valence-corrected chi connectivity index (χ0v) is 10.1. The molecule has 0 amide bonds. The Morgan fingerprint density at radius 1 is 1.44 bits per heavy atom. The molecule has 0 bridgehead atoms. The standard InChI is InChI=1S/C13H19NO2/c1-4-5-10(3)16-13(15)11-6-9(2)7-12(14)8-11/h6-8,10H,4-5,14H2,1-3H3. The van der Waals surface area contributed by atoms with E-state index in [1.54, 1.807) is 12.1 Å². The van der Waals surface area contributed by atoms with Gasteiger partial charge in [-0.1, -0.05) is 13.3 Å². The van der Waals surface area contributed by atoms with Gasteiger partial charge in [0.15, 0.2) is 0 Å². The zero-order valence-electron chi connectivity index (χ0n) is 10.1. The molecule has 16 heavy (non-hydrogen) atoms. The van der Waals surface area contributed by atoms with Gasteiger partial charge in [-0.15, -0.1) is 0 Å². The van der Waals surface area contributed by atoms with Crippen LogP contribution in [0.2, 0.25) is 0 Å². The maximum Gasteiger partial charge on any atom is 0.338 e. The van der Waals surface area contributed by atoms with Gasteiger partial charge in [0.25, 0.3) is 0 Å². The molecule has 0 heterocycles. The fourth-order valence-electron chi connectivity index (χ4n) is 1.65. The lowest BCUT2D eigenvalue weighted by molar-refractivity contribution is 0.0323. The summed E-state index contributed by atoms with van der Waals surface area (Å²) in [5, 5.41) is 0. The third kappa shape index (κ3) is 3.57. The van der Waals surface area contributed by atoms with E-state index < -0.39 is 0 Å². The van der Waals surface area contributed by atoms with E-state index in [1.165, 1.54) is 0 Å². The molecule has 0 radical (unpaired) electrons. The summed E-state index contributed by atoms with van der Waals surface area (Å²) in [7, 11) is 0. The number of rotatable bonds is 4. The number of nitrogen functional groups attached to an aromatic ring is 1. The summed E-state index contributed by atoms with van der Waals surface area (Å²) in [6.45, 7) is 5.87. The lowest BCUT2D eigenvalue weighted by atomic mass is 10.1. The Hall–Kier alpha value is -1.51. The van der Waals surface area contributed by atoms with Gasteiger partial charge in [-0.05, 0) is 44.0 Å². The van der Waals surface area contributed by atoms with E-state index in [0.717, 1.165) is 18.4 Å². The average molecular weight is 221 g/mol. The molecule has 0 aromatic heterocycles. The maximum absolute atomic E-state index is 11.8. The fourth-order valence-corrected chi connectivity index (χ4v) is 1.65. The molecule has 88 valence electrons. The van der Waals surface area contributed by atoms with Gasteiger partial charge >= 0.3 is 5.97 Å². The van der Waals surface area contributed by atoms with Gasteiger partial charge in [0.2, 0.25) is 0 Å². The number of hydrogen-bond acceptors (Lipinski definition) is 3. The van der Waals surface area contributed by atoms with Crippen LogP contribution in [0, 0.1) is 6.92 Å². The minimum atomic E-state index is -0.295. The molecule has 3 heteroatoms. The Balaban J connectivity index is 2.72. The van der Waals surface area contributed by atoms with Crippen molar-refractivity contribution in [2.45, 2.75) is 39.7 Å². The van der Waals surface area contributed by atoms with Gasteiger partial charge in [0.1, 0.15) is 0 Å². The number of hydrogen-bond donors (Lipinski definition) is 1. The lowest BCUT2D eigenvalue weighted by Gasteiger charge is -2.12. The molecule has 1 aromatic carbocycles. The average Bonchev–Trinajstić information content (AvgIpc) is 2.16. The van der Waals surface area contributed by atoms with Crippen LogP contribution >= 0.6 is 0 Å². The Kier molecular flexibility index (Phi) is 4.35. The first-order valence-electron chi connectivity index (χ1n) is 5.61. The number of benzene rings is 1. The first kappa shape index (κ1) is 12.6. The number of nitrogens with two attached hydrogens (primary N) is 1. The minimum absolute atomic E-state index is 0.0424. The van der Waals surface area contributed by atoms with Gasteiger partial charge in [0, 0.05) is 5.69 Å². The van der Waals surface area contributed by atoms with E-state index >= 15 is 0 Å². The van der Waals surface area contributed by atoms with Crippen LogP contribution in [0.4, 0.5) is 5.69 Å². The summed E-state index contributed by atoms with van der Waals surface area (Å²) in [6.07, 6.45) is 1.84. The van der Waals surface area contributed by atoms with Crippen LogP contribution in [0.25, 0.3) is 0 Å². The van der Waals surface area contributed by atoms with Crippen molar-refractivity contribution in [1.29, 1.82) is 0 Å². The minimum Gasteiger partial charge on any atom is -0.459 e. The van der Waals surface area contributed by atoms with Crippen LogP contribution in [0.5, 0.6) is 0 Å². The molecule has 3 nitrogen and oxygen atoms in total. The highest BCUT2D eigenvalue weighted by Gasteiger charge is 2.12. The molecule has 0 aliphatic heterocycles. The molecular weight excluding hydrogens is 202 g/mol. The third-order valence-electron chi connectivity index (χ3n) is 2.34. The summed E-state index contributed by atoms with van der Waals surface area (Å²) in [4.78, 5) is 11.8. The molecule has 1 atom stereocenters. The maximum atomic E-state index is 11.8. The van der Waals surface area contributed by atoms with Crippen molar-refractivity contribution < 1.29 is 9.53 Å². The molecule has 1 aromatic rings. The van der Waals surface area contributed by atoms with E-state index in [-0.39, 0.29) is 12.1 Å². The van der Waals surface area contributed by atoms with Crippen molar-refractivity contribution in [3.05, 3.63) is 29.3 Å². The number of ether oxygens (including phenoxy) is 1. The second-order valence-electron chi connectivity index (χ2n) is 4.14. The second-order valence-corrected chi connectivity index (χ2v) is 4.14. The van der Waals surface area contributed by atoms with Crippen molar-refractivity contribution in [3.63, 3.8) is 0 Å². The molecule has 0 spiro atoms. The number of carbonyl (C=O) groups is 1. The summed E-state index contributed by atoms with van der Waals surface area (Å²) in [5.74, 6) is -0.295. The van der Waals surface area contributed by atoms with E-state index in [4.69, 9.17) is 10.5 Å². The molecule has 1 unspecified atom stereocenters. The molecule has 2 N–H and O–H groups in total. The van der Waals surface area contributed by atoms with Crippen molar-refractivity contribution in [3.8, 4) is 0 Å². The van der Waals surface area contributed by atoms with Gasteiger partial charge in [0.05, 0.1) is 11.7 Å². The molecule has 0 saturated heterocycles. The predicted octanol–water partition coefficient (Wildman–Crippen LogP) is 2.92. The molecule has 0 fully saturated rings. The molecular formula is C13H19NO2. The Morgan fingerprint density at radius 3 is 2.69 bits per heavy atom. The highest BCUT2D eigenvalue weighted by molar-refractivity contribution is 5.90. The Labute approximate surface area is 96.6 Å². The quantitative estimate of drug-likeness (QED) is 0.628. The predicted molar refractivity (Wildman–Crippen MR) is 65.4 cm³/mol. The van der Waals surface area contributed by atoms with Crippen molar-refractivity contribution in [1.82, 2.24) is 0 Å². The van der Waals surface area contributed by atoms with Gasteiger partial charge in [-0.25, -0.2) is 4.79 Å². The van der Waals surface area contributed by atoms with Crippen LogP contribution in [0.15, 0.2) is 18.2 Å². The zero-order chi connectivity index (χ0) is 12.1. The normalized spacial score (nSPS) is 12.2. The Bertz CT molecular complexity index is 354. The topological polar surface area (TPSA) is 52.3 Å². The van der Waals surface area contributed by atoms with Gasteiger partial charge in [-0.3, -0.25) is 0 Å². The third-order valence-corrected chi connectivity index (χ3v) is 2.34. The van der Waals surface area contributed by atoms with Crippen LogP contribution in [0.3, 0.4) is 0 Å². The molecule has 0 saturated carbocycles. The van der Waals surface area contributed by atoms with E-state index in [9.17, 15) is 4.79 Å². The number of aryl methyl sites for hydroxylation is 1. The van der Waals surface area contributed by atoms with Crippen molar-refractivity contribution in [2.75, 3.05) is 5.73 Å². The SMILES string of the molecule is CCCC(C)OC(=O)c1cc(C)cc(N)c1. The van der Waals surface area contributed by atoms with Crippen LogP contribution < -0.4 is 5.73 Å². The summed E-state index contributed by atoms with van der Waals surface area (Å²) in [6, 6.07) is 5.26. The largest absolute Gasteiger partial charge is 0.459 e. The van der Waals surface area contributed by atoms with Crippen LogP contribution in [0.1, 0.15) is 42.6 Å². The van der Waals surface area contributed by atoms with Crippen LogP contribution in [-0.4, -0.2) is 12.1 Å². The molecule has 0 aliphatic rings. The highest BCUT2D eigenvalue weighted by atomic mass is 16.5. The first-order chi connectivity index (χ1) is 7.52. The van der Waals surface area contributed by atoms with Crippen molar-refractivity contribution in [2.24, 2.45) is 0 Å². The number of esters is 1. The van der Waals surface area contributed by atoms with Gasteiger partial charge < -0.3 is 10.5 Å². The first-order valence-corrected chi connectivity index (χ1v) is 5.61. The summed E-state index contributed by atoms with van der Waals surface area (Å²) >= 11 is 0. The second kappa shape index (κ2) is 5.54. The number of anilines is 1. The molecule has 1 rings (SSSR count). The van der Waals surface area contributed by atoms with E-state index in [2.05, 4.69) is 6.92 Å². The van der Waals surface area contributed by atoms with E-state index in [0.29, 0.717) is 11.3 Å².